The predicted octanol–water partition coefficient (Wildman–Crippen LogP) is 0.559. The van der Waals surface area contributed by atoms with Crippen molar-refractivity contribution in [1.82, 2.24) is 5.32 Å². The van der Waals surface area contributed by atoms with Crippen molar-refractivity contribution in [2.45, 2.75) is 18.9 Å². The highest BCUT2D eigenvalue weighted by Gasteiger charge is 2.27. The van der Waals surface area contributed by atoms with Crippen LogP contribution in [-0.4, -0.2) is 38.3 Å². The van der Waals surface area contributed by atoms with Gasteiger partial charge < -0.3 is 10.4 Å². The molecule has 110 valence electrons. The van der Waals surface area contributed by atoms with Gasteiger partial charge in [-0.1, -0.05) is 0 Å². The molecule has 0 bridgehead atoms. The Morgan fingerprint density at radius 2 is 1.90 bits per heavy atom. The lowest BCUT2D eigenvalue weighted by Gasteiger charge is -2.31. The van der Waals surface area contributed by atoms with Gasteiger partial charge >= 0.3 is 0 Å². The fourth-order valence-corrected chi connectivity index (χ4v) is 2.67. The molecule has 0 unspecified atom stereocenters. The van der Waals surface area contributed by atoms with Crippen molar-refractivity contribution >= 4 is 21.6 Å². The van der Waals surface area contributed by atoms with E-state index in [1.54, 1.807) is 24.3 Å². The van der Waals surface area contributed by atoms with Gasteiger partial charge in [-0.2, -0.15) is 0 Å². The number of carbonyl (C=O) groups is 1. The summed E-state index contributed by atoms with van der Waals surface area (Å²) in [5.41, 5.74) is 0.898. The lowest BCUT2D eigenvalue weighted by Crippen LogP contribution is -2.38. The smallest absolute Gasteiger partial charge is 0.251 e. The molecule has 1 aromatic rings. The summed E-state index contributed by atoms with van der Waals surface area (Å²) < 4.78 is 24.4. The van der Waals surface area contributed by atoms with Gasteiger partial charge in [-0.05, 0) is 43.0 Å². The second-order valence-corrected chi connectivity index (χ2v) is 6.90. The van der Waals surface area contributed by atoms with Crippen LogP contribution >= 0.6 is 0 Å². The maximum Gasteiger partial charge on any atom is 0.251 e. The number of nitrogens with one attached hydrogen (secondary N) is 2. The van der Waals surface area contributed by atoms with Crippen molar-refractivity contribution in [3.63, 3.8) is 0 Å². The standard InChI is InChI=1S/C13H18N2O4S/c1-20(18,19)15-11-4-2-10(3-5-11)13(17)14-8-9-6-12(16)7-9/h2-5,9,12,15-16H,6-8H2,1H3,(H,14,17). The minimum atomic E-state index is -3.31. The number of amides is 1. The average molecular weight is 298 g/mol. The van der Waals surface area contributed by atoms with Gasteiger partial charge in [-0.15, -0.1) is 0 Å². The number of sulfonamides is 1. The van der Waals surface area contributed by atoms with Gasteiger partial charge in [-0.3, -0.25) is 9.52 Å². The second-order valence-electron chi connectivity index (χ2n) is 5.15. The highest BCUT2D eigenvalue weighted by molar-refractivity contribution is 7.92. The second kappa shape index (κ2) is 5.80. The average Bonchev–Trinajstić information content (AvgIpc) is 2.32. The maximum absolute atomic E-state index is 11.9. The Hall–Kier alpha value is -1.60. The highest BCUT2D eigenvalue weighted by atomic mass is 32.2. The van der Waals surface area contributed by atoms with Crippen LogP contribution in [0.2, 0.25) is 0 Å². The third-order valence-electron chi connectivity index (χ3n) is 3.21. The quantitative estimate of drug-likeness (QED) is 0.740. The Balaban J connectivity index is 1.87. The Morgan fingerprint density at radius 1 is 1.30 bits per heavy atom. The molecule has 6 nitrogen and oxygen atoms in total. The van der Waals surface area contributed by atoms with Crippen molar-refractivity contribution < 1.29 is 18.3 Å². The van der Waals surface area contributed by atoms with Crippen LogP contribution in [0, 0.1) is 5.92 Å². The van der Waals surface area contributed by atoms with E-state index in [9.17, 15) is 13.2 Å². The van der Waals surface area contributed by atoms with E-state index in [-0.39, 0.29) is 12.0 Å². The van der Waals surface area contributed by atoms with Crippen LogP contribution in [0.3, 0.4) is 0 Å². The summed E-state index contributed by atoms with van der Waals surface area (Å²) in [6, 6.07) is 6.23. The van der Waals surface area contributed by atoms with Crippen LogP contribution in [0.5, 0.6) is 0 Å². The van der Waals surface area contributed by atoms with E-state index in [0.717, 1.165) is 19.1 Å². The molecule has 0 atom stereocenters. The SMILES string of the molecule is CS(=O)(=O)Nc1ccc(C(=O)NCC2CC(O)C2)cc1. The Morgan fingerprint density at radius 3 is 2.40 bits per heavy atom. The normalized spacial score (nSPS) is 21.9. The predicted molar refractivity (Wildman–Crippen MR) is 76.0 cm³/mol. The van der Waals surface area contributed by atoms with Gasteiger partial charge in [0.25, 0.3) is 5.91 Å². The van der Waals surface area contributed by atoms with Crippen LogP contribution in [0.15, 0.2) is 24.3 Å². The third-order valence-corrected chi connectivity index (χ3v) is 3.82. The number of benzene rings is 1. The number of anilines is 1. The maximum atomic E-state index is 11.9. The first-order valence-electron chi connectivity index (χ1n) is 6.37. The molecule has 3 N–H and O–H groups in total. The van der Waals surface area contributed by atoms with Gasteiger partial charge in [0.2, 0.25) is 10.0 Å². The zero-order valence-electron chi connectivity index (χ0n) is 11.2. The lowest BCUT2D eigenvalue weighted by atomic mass is 9.82. The number of aliphatic hydroxyl groups excluding tert-OH is 1. The zero-order chi connectivity index (χ0) is 14.8. The molecule has 1 aliphatic rings. The molecule has 0 spiro atoms. The molecule has 1 aromatic carbocycles. The van der Waals surface area contributed by atoms with Crippen LogP contribution in [0.1, 0.15) is 23.2 Å². The zero-order valence-corrected chi connectivity index (χ0v) is 12.0. The summed E-state index contributed by atoms with van der Waals surface area (Å²) in [6.07, 6.45) is 2.31. The van der Waals surface area contributed by atoms with E-state index in [0.29, 0.717) is 23.7 Å². The highest BCUT2D eigenvalue weighted by Crippen LogP contribution is 2.26. The fourth-order valence-electron chi connectivity index (χ4n) is 2.11. The van der Waals surface area contributed by atoms with E-state index in [1.807, 2.05) is 0 Å². The topological polar surface area (TPSA) is 95.5 Å². The molecule has 20 heavy (non-hydrogen) atoms. The molecular weight excluding hydrogens is 280 g/mol. The lowest BCUT2D eigenvalue weighted by molar-refractivity contribution is 0.0420. The van der Waals surface area contributed by atoms with E-state index >= 15 is 0 Å². The minimum absolute atomic E-state index is 0.197. The van der Waals surface area contributed by atoms with Crippen LogP contribution in [0.4, 0.5) is 5.69 Å². The van der Waals surface area contributed by atoms with Crippen LogP contribution < -0.4 is 10.0 Å². The Kier molecular flexibility index (Phi) is 4.29. The molecular formula is C13H18N2O4S. The molecule has 1 amide bonds. The largest absolute Gasteiger partial charge is 0.393 e. The third kappa shape index (κ3) is 4.21. The molecule has 0 radical (unpaired) electrons. The number of rotatable bonds is 5. The summed E-state index contributed by atoms with van der Waals surface area (Å²) in [4.78, 5) is 11.9. The number of carbonyl (C=O) groups excluding carboxylic acids is 1. The van der Waals surface area contributed by atoms with E-state index in [4.69, 9.17) is 5.11 Å². The van der Waals surface area contributed by atoms with E-state index in [1.165, 1.54) is 0 Å². The first-order chi connectivity index (χ1) is 9.33. The van der Waals surface area contributed by atoms with Crippen molar-refractivity contribution in [2.24, 2.45) is 5.92 Å². The molecule has 1 fully saturated rings. The number of hydrogen-bond donors (Lipinski definition) is 3. The van der Waals surface area contributed by atoms with Gasteiger partial charge in [0.1, 0.15) is 0 Å². The van der Waals surface area contributed by atoms with E-state index < -0.39 is 10.0 Å². The molecule has 7 heteroatoms. The van der Waals surface area contributed by atoms with E-state index in [2.05, 4.69) is 10.0 Å². The minimum Gasteiger partial charge on any atom is -0.393 e. The molecule has 0 aliphatic heterocycles. The summed E-state index contributed by atoms with van der Waals surface area (Å²) in [5, 5.41) is 12.0. The van der Waals surface area contributed by atoms with Crippen molar-refractivity contribution in [3.8, 4) is 0 Å². The Labute approximate surface area is 118 Å². The van der Waals surface area contributed by atoms with Crippen molar-refractivity contribution in [3.05, 3.63) is 29.8 Å². The monoisotopic (exact) mass is 298 g/mol. The molecule has 0 heterocycles. The van der Waals surface area contributed by atoms with Gasteiger partial charge in [-0.25, -0.2) is 8.42 Å². The molecule has 1 aliphatic carbocycles. The first-order valence-corrected chi connectivity index (χ1v) is 8.27. The van der Waals surface area contributed by atoms with Crippen LogP contribution in [0.25, 0.3) is 0 Å². The van der Waals surface area contributed by atoms with Crippen LogP contribution in [-0.2, 0) is 10.0 Å². The van der Waals surface area contributed by atoms with Gasteiger partial charge in [0, 0.05) is 17.8 Å². The summed E-state index contributed by atoms with van der Waals surface area (Å²) in [7, 11) is -3.31. The molecule has 0 aromatic heterocycles. The summed E-state index contributed by atoms with van der Waals surface area (Å²) in [6.45, 7) is 0.555. The fraction of sp³-hybridized carbons (Fsp3) is 0.462. The Bertz CT molecular complexity index is 577. The van der Waals surface area contributed by atoms with Gasteiger partial charge in [0.15, 0.2) is 0 Å². The molecule has 0 saturated heterocycles. The number of hydrogen-bond acceptors (Lipinski definition) is 4. The summed E-state index contributed by atoms with van der Waals surface area (Å²) in [5.74, 6) is 0.150. The van der Waals surface area contributed by atoms with Crippen molar-refractivity contribution in [1.29, 1.82) is 0 Å². The molecule has 1 saturated carbocycles. The first kappa shape index (κ1) is 14.8. The van der Waals surface area contributed by atoms with Crippen molar-refractivity contribution in [2.75, 3.05) is 17.5 Å². The number of aliphatic hydroxyl groups is 1. The van der Waals surface area contributed by atoms with Gasteiger partial charge in [0.05, 0.1) is 12.4 Å². The molecule has 2 rings (SSSR count). The summed E-state index contributed by atoms with van der Waals surface area (Å²) >= 11 is 0.